The molecule has 1 amide bonds. The van der Waals surface area contributed by atoms with E-state index in [1.165, 1.54) is 12.1 Å². The number of piperidine rings is 1. The molecular weight excluding hydrogens is 305 g/mol. The van der Waals surface area contributed by atoms with Gasteiger partial charge in [-0.2, -0.15) is 0 Å². The third-order valence-corrected chi connectivity index (χ3v) is 5.19. The number of benzene rings is 1. The number of rotatable bonds is 7. The highest BCUT2D eigenvalue weighted by Gasteiger charge is 2.32. The molecule has 2 rings (SSSR count). The highest BCUT2D eigenvalue weighted by molar-refractivity contribution is 5.81. The summed E-state index contributed by atoms with van der Waals surface area (Å²) in [5.41, 5.74) is 0.623. The maximum absolute atomic E-state index is 13.1. The lowest BCUT2D eigenvalue weighted by molar-refractivity contribution is -0.142. The Bertz CT molecular complexity index is 536. The Kier molecular flexibility index (Phi) is 6.79. The number of hydrogen-bond acceptors (Lipinski definition) is 2. The van der Waals surface area contributed by atoms with E-state index in [2.05, 4.69) is 6.92 Å². The first-order chi connectivity index (χ1) is 11.4. The molecule has 4 heteroatoms. The van der Waals surface area contributed by atoms with Crippen molar-refractivity contribution in [2.24, 2.45) is 11.3 Å². The van der Waals surface area contributed by atoms with Crippen LogP contribution in [0.4, 0.5) is 4.39 Å². The predicted octanol–water partition coefficient (Wildman–Crippen LogP) is 4.41. The second-order valence-corrected chi connectivity index (χ2v) is 7.44. The molecule has 1 heterocycles. The summed E-state index contributed by atoms with van der Waals surface area (Å²) in [6, 6.07) is 6.54. The average Bonchev–Trinajstić information content (AvgIpc) is 2.58. The fourth-order valence-corrected chi connectivity index (χ4v) is 3.07. The Hall–Kier alpha value is -1.42. The molecule has 1 aromatic rings. The van der Waals surface area contributed by atoms with Gasteiger partial charge in [0.25, 0.3) is 0 Å². The van der Waals surface area contributed by atoms with E-state index in [9.17, 15) is 9.18 Å². The van der Waals surface area contributed by atoms with Crippen LogP contribution >= 0.6 is 0 Å². The molecule has 3 nitrogen and oxygen atoms in total. The van der Waals surface area contributed by atoms with Crippen molar-refractivity contribution in [3.05, 3.63) is 35.6 Å². The SMILES string of the molecule is CCC(C)(C)C(=O)N1CCC(CCOCc2cccc(F)c2)CC1. The number of amides is 1. The van der Waals surface area contributed by atoms with E-state index < -0.39 is 0 Å². The van der Waals surface area contributed by atoms with Gasteiger partial charge >= 0.3 is 0 Å². The quantitative estimate of drug-likeness (QED) is 0.691. The molecule has 0 aliphatic carbocycles. The van der Waals surface area contributed by atoms with E-state index in [-0.39, 0.29) is 17.1 Å². The van der Waals surface area contributed by atoms with Crippen LogP contribution in [0.15, 0.2) is 24.3 Å². The summed E-state index contributed by atoms with van der Waals surface area (Å²) in [7, 11) is 0. The van der Waals surface area contributed by atoms with Gasteiger partial charge in [-0.25, -0.2) is 4.39 Å². The Morgan fingerprint density at radius 2 is 2.04 bits per heavy atom. The zero-order valence-electron chi connectivity index (χ0n) is 15.2. The first-order valence-corrected chi connectivity index (χ1v) is 9.04. The van der Waals surface area contributed by atoms with Crippen LogP contribution < -0.4 is 0 Å². The molecule has 1 saturated heterocycles. The minimum absolute atomic E-state index is 0.219. The van der Waals surface area contributed by atoms with Crippen LogP contribution in [0.2, 0.25) is 0 Å². The number of likely N-dealkylation sites (tertiary alicyclic amines) is 1. The molecule has 0 saturated carbocycles. The van der Waals surface area contributed by atoms with Crippen molar-refractivity contribution in [3.8, 4) is 0 Å². The highest BCUT2D eigenvalue weighted by atomic mass is 19.1. The monoisotopic (exact) mass is 335 g/mol. The van der Waals surface area contributed by atoms with E-state index in [4.69, 9.17) is 4.74 Å². The summed E-state index contributed by atoms with van der Waals surface area (Å²) in [6.07, 6.45) is 3.98. The predicted molar refractivity (Wildman–Crippen MR) is 94.0 cm³/mol. The van der Waals surface area contributed by atoms with Crippen molar-refractivity contribution in [2.75, 3.05) is 19.7 Å². The van der Waals surface area contributed by atoms with Gasteiger partial charge in [-0.3, -0.25) is 4.79 Å². The summed E-state index contributed by atoms with van der Waals surface area (Å²) in [4.78, 5) is 14.5. The minimum Gasteiger partial charge on any atom is -0.377 e. The van der Waals surface area contributed by atoms with Gasteiger partial charge in [-0.1, -0.05) is 32.9 Å². The largest absolute Gasteiger partial charge is 0.377 e. The lowest BCUT2D eigenvalue weighted by Crippen LogP contribution is -2.45. The lowest BCUT2D eigenvalue weighted by Gasteiger charge is -2.36. The van der Waals surface area contributed by atoms with Crippen molar-refractivity contribution in [3.63, 3.8) is 0 Å². The van der Waals surface area contributed by atoms with Gasteiger partial charge in [-0.15, -0.1) is 0 Å². The van der Waals surface area contributed by atoms with Crippen LogP contribution in [0.3, 0.4) is 0 Å². The van der Waals surface area contributed by atoms with E-state index in [0.717, 1.165) is 44.3 Å². The molecule has 0 unspecified atom stereocenters. The van der Waals surface area contributed by atoms with Crippen molar-refractivity contribution < 1.29 is 13.9 Å². The van der Waals surface area contributed by atoms with Gasteiger partial charge in [0.15, 0.2) is 0 Å². The molecule has 1 fully saturated rings. The summed E-state index contributed by atoms with van der Waals surface area (Å²) in [5, 5.41) is 0. The number of hydrogen-bond donors (Lipinski definition) is 0. The van der Waals surface area contributed by atoms with Crippen LogP contribution in [0, 0.1) is 17.2 Å². The first-order valence-electron chi connectivity index (χ1n) is 9.04. The third kappa shape index (κ3) is 5.30. The van der Waals surface area contributed by atoms with Crippen LogP contribution in [-0.4, -0.2) is 30.5 Å². The molecule has 0 atom stereocenters. The molecule has 0 N–H and O–H groups in total. The topological polar surface area (TPSA) is 29.5 Å². The number of nitrogens with zero attached hydrogens (tertiary/aromatic N) is 1. The van der Waals surface area contributed by atoms with Gasteiger partial charge in [0.2, 0.25) is 5.91 Å². The molecular formula is C20H30FNO2. The second-order valence-electron chi connectivity index (χ2n) is 7.44. The maximum atomic E-state index is 13.1. The minimum atomic E-state index is -0.249. The fourth-order valence-electron chi connectivity index (χ4n) is 3.07. The highest BCUT2D eigenvalue weighted by Crippen LogP contribution is 2.27. The summed E-state index contributed by atoms with van der Waals surface area (Å²) in [6.45, 7) is 8.99. The Labute approximate surface area is 145 Å². The second kappa shape index (κ2) is 8.61. The zero-order chi connectivity index (χ0) is 17.6. The molecule has 24 heavy (non-hydrogen) atoms. The summed E-state index contributed by atoms with van der Waals surface area (Å²) in [5.74, 6) is 0.681. The molecule has 0 spiro atoms. The maximum Gasteiger partial charge on any atom is 0.228 e. The van der Waals surface area contributed by atoms with Crippen LogP contribution in [0.1, 0.15) is 52.0 Å². The van der Waals surface area contributed by atoms with Crippen LogP contribution in [-0.2, 0) is 16.1 Å². The standard InChI is InChI=1S/C20H30FNO2/c1-4-20(2,3)19(23)22-11-8-16(9-12-22)10-13-24-15-17-6-5-7-18(21)14-17/h5-7,14,16H,4,8-13,15H2,1-3H3. The van der Waals surface area contributed by atoms with E-state index >= 15 is 0 Å². The molecule has 134 valence electrons. The van der Waals surface area contributed by atoms with E-state index in [1.807, 2.05) is 24.8 Å². The normalized spacial score (nSPS) is 16.4. The van der Waals surface area contributed by atoms with Crippen LogP contribution in [0.5, 0.6) is 0 Å². The number of carbonyl (C=O) groups excluding carboxylic acids is 1. The lowest BCUT2D eigenvalue weighted by atomic mass is 9.86. The fraction of sp³-hybridized carbons (Fsp3) is 0.650. The van der Waals surface area contributed by atoms with Crippen molar-refractivity contribution in [1.82, 2.24) is 4.90 Å². The van der Waals surface area contributed by atoms with Crippen molar-refractivity contribution in [2.45, 2.75) is 53.1 Å². The van der Waals surface area contributed by atoms with Gasteiger partial charge in [0.1, 0.15) is 5.82 Å². The van der Waals surface area contributed by atoms with Crippen LogP contribution in [0.25, 0.3) is 0 Å². The van der Waals surface area contributed by atoms with Crippen molar-refractivity contribution >= 4 is 5.91 Å². The van der Waals surface area contributed by atoms with Gasteiger partial charge in [0, 0.05) is 25.1 Å². The third-order valence-electron chi connectivity index (χ3n) is 5.19. The summed E-state index contributed by atoms with van der Waals surface area (Å²) < 4.78 is 18.8. The van der Waals surface area contributed by atoms with E-state index in [1.54, 1.807) is 6.07 Å². The molecule has 0 radical (unpaired) electrons. The van der Waals surface area contributed by atoms with Crippen molar-refractivity contribution in [1.29, 1.82) is 0 Å². The zero-order valence-corrected chi connectivity index (χ0v) is 15.2. The van der Waals surface area contributed by atoms with E-state index in [0.29, 0.717) is 19.1 Å². The van der Waals surface area contributed by atoms with Gasteiger partial charge in [-0.05, 0) is 49.3 Å². The molecule has 0 bridgehead atoms. The first kappa shape index (κ1) is 18.9. The Morgan fingerprint density at radius 3 is 2.67 bits per heavy atom. The average molecular weight is 335 g/mol. The smallest absolute Gasteiger partial charge is 0.228 e. The molecule has 1 aliphatic heterocycles. The molecule has 0 aromatic heterocycles. The molecule has 1 aromatic carbocycles. The van der Waals surface area contributed by atoms with Gasteiger partial charge < -0.3 is 9.64 Å². The van der Waals surface area contributed by atoms with Gasteiger partial charge in [0.05, 0.1) is 6.61 Å². The summed E-state index contributed by atoms with van der Waals surface area (Å²) >= 11 is 0. The number of carbonyl (C=O) groups is 1. The number of ether oxygens (including phenoxy) is 1. The Morgan fingerprint density at radius 1 is 1.33 bits per heavy atom. The Balaban J connectivity index is 1.65. The number of halogens is 1. The molecule has 1 aliphatic rings.